The van der Waals surface area contributed by atoms with Gasteiger partial charge in [-0.3, -0.25) is 14.3 Å². The van der Waals surface area contributed by atoms with Crippen molar-refractivity contribution >= 4 is 7.82 Å². The lowest BCUT2D eigenvalue weighted by Crippen LogP contribution is -2.32. The highest BCUT2D eigenvalue weighted by Gasteiger charge is 2.12. The topological polar surface area (TPSA) is 241 Å². The number of phosphoric ester groups is 1. The maximum absolute atomic E-state index is 10.4. The Labute approximate surface area is 300 Å². The Balaban J connectivity index is -0.000000893. The minimum Gasteiger partial charge on any atom is -0.395 e. The van der Waals surface area contributed by atoms with E-state index >= 15 is 0 Å². The van der Waals surface area contributed by atoms with Crippen molar-refractivity contribution in [3.63, 3.8) is 0 Å². The summed E-state index contributed by atoms with van der Waals surface area (Å²) in [5.74, 6) is 0. The van der Waals surface area contributed by atoms with Crippen LogP contribution in [0, 0.1) is 0 Å². The van der Waals surface area contributed by atoms with Crippen molar-refractivity contribution in [1.82, 2.24) is 9.80 Å². The molecule has 0 unspecified atom stereocenters. The van der Waals surface area contributed by atoms with Gasteiger partial charge < -0.3 is 64.1 Å². The molecule has 0 saturated heterocycles. The van der Waals surface area contributed by atoms with Crippen molar-refractivity contribution in [3.8, 4) is 0 Å². The number of nitrogens with zero attached hydrogens (tertiary/aromatic N) is 2. The summed E-state index contributed by atoms with van der Waals surface area (Å²) >= 11 is 0. The molecule has 0 aliphatic carbocycles. The molecule has 50 heavy (non-hydrogen) atoms. The van der Waals surface area contributed by atoms with Crippen molar-refractivity contribution in [1.29, 1.82) is 0 Å². The van der Waals surface area contributed by atoms with E-state index in [0.717, 1.165) is 13.0 Å². The summed E-state index contributed by atoms with van der Waals surface area (Å²) < 4.78 is 41.4. The minimum atomic E-state index is -4.41. The van der Waals surface area contributed by atoms with E-state index < -0.39 is 7.82 Å². The van der Waals surface area contributed by atoms with Crippen LogP contribution in [0.3, 0.4) is 0 Å². The number of aliphatic hydroxyl groups is 6. The monoisotopic (exact) mass is 756 g/mol. The minimum absolute atomic E-state index is 0.0694. The molecular weight excluding hydrogens is 683 g/mol. The highest BCUT2D eigenvalue weighted by Crippen LogP contribution is 2.35. The van der Waals surface area contributed by atoms with E-state index in [1.54, 1.807) is 9.80 Å². The lowest BCUT2D eigenvalue weighted by Gasteiger charge is -2.17. The molecule has 0 heterocycles. The standard InChI is InChI=1S/C20H43O9P.2C6H15NO3/c1-2-3-4-5-6-7-8-9-10-24-11-12-25-13-14-26-15-16-27-17-18-28-19-20-29-30(21,22)23;2*8-4-1-7(2-5-9)3-6-10/h2-20H2,1H3,(H2,21,22,23);2*8-10H,1-6H2. The fourth-order valence-corrected chi connectivity index (χ4v) is 4.37. The highest BCUT2D eigenvalue weighted by atomic mass is 31.2. The summed E-state index contributed by atoms with van der Waals surface area (Å²) in [5, 5.41) is 50.9. The number of hydrogen-bond donors (Lipinski definition) is 8. The molecule has 0 amide bonds. The second-order valence-electron chi connectivity index (χ2n) is 10.9. The van der Waals surface area contributed by atoms with Gasteiger partial charge in [0.25, 0.3) is 0 Å². The van der Waals surface area contributed by atoms with Gasteiger partial charge in [0.05, 0.1) is 106 Å². The van der Waals surface area contributed by atoms with Gasteiger partial charge in [-0.05, 0) is 6.42 Å². The van der Waals surface area contributed by atoms with Gasteiger partial charge in [-0.25, -0.2) is 4.57 Å². The Morgan fingerprint density at radius 3 is 0.940 bits per heavy atom. The molecule has 0 fully saturated rings. The first kappa shape index (κ1) is 53.9. The number of unbranched alkanes of at least 4 members (excludes halogenated alkanes) is 7. The number of aliphatic hydroxyl groups excluding tert-OH is 6. The third-order valence-electron chi connectivity index (χ3n) is 6.61. The average Bonchev–Trinajstić information content (AvgIpc) is 3.07. The predicted octanol–water partition coefficient (Wildman–Crippen LogP) is -0.150. The van der Waals surface area contributed by atoms with Crippen LogP contribution in [-0.2, 0) is 32.8 Å². The van der Waals surface area contributed by atoms with Gasteiger partial charge in [-0.15, -0.1) is 0 Å². The third-order valence-corrected chi connectivity index (χ3v) is 7.13. The van der Waals surface area contributed by atoms with Crippen molar-refractivity contribution < 1.29 is 73.2 Å². The van der Waals surface area contributed by atoms with Crippen molar-refractivity contribution in [2.45, 2.75) is 58.3 Å². The van der Waals surface area contributed by atoms with Crippen LogP contribution < -0.4 is 0 Å². The first-order chi connectivity index (χ1) is 24.3. The molecule has 0 aliphatic rings. The SMILES string of the molecule is CCCCCCCCCCOCCOCCOCCOCCOCCOP(=O)(O)O.OCCN(CCO)CCO.OCCN(CCO)CCO. The Hall–Kier alpha value is -0.410. The molecule has 0 rings (SSSR count). The molecule has 0 radical (unpaired) electrons. The van der Waals surface area contributed by atoms with Crippen LogP contribution in [-0.4, -0.2) is 202 Å². The smallest absolute Gasteiger partial charge is 0.395 e. The zero-order chi connectivity index (χ0) is 37.8. The van der Waals surface area contributed by atoms with Gasteiger partial charge in [0.1, 0.15) is 0 Å². The van der Waals surface area contributed by atoms with Crippen LogP contribution in [0.4, 0.5) is 0 Å². The summed E-state index contributed by atoms with van der Waals surface area (Å²) in [6, 6.07) is 0. The van der Waals surface area contributed by atoms with Gasteiger partial charge in [-0.2, -0.15) is 0 Å². The molecule has 17 nitrogen and oxygen atoms in total. The zero-order valence-corrected chi connectivity index (χ0v) is 31.6. The van der Waals surface area contributed by atoms with E-state index in [2.05, 4.69) is 11.4 Å². The van der Waals surface area contributed by atoms with Crippen LogP contribution in [0.15, 0.2) is 0 Å². The Morgan fingerprint density at radius 1 is 0.400 bits per heavy atom. The van der Waals surface area contributed by atoms with Gasteiger partial charge >= 0.3 is 7.82 Å². The third kappa shape index (κ3) is 52.0. The Bertz CT molecular complexity index is 610. The fourth-order valence-electron chi connectivity index (χ4n) is 4.05. The van der Waals surface area contributed by atoms with Gasteiger partial charge in [-0.1, -0.05) is 51.9 Å². The number of hydrogen-bond acceptors (Lipinski definition) is 15. The summed E-state index contributed by atoms with van der Waals surface area (Å²) in [6.07, 6.45) is 10.4. The van der Waals surface area contributed by atoms with E-state index in [9.17, 15) is 4.57 Å². The van der Waals surface area contributed by atoms with Gasteiger partial charge in [0.2, 0.25) is 0 Å². The second kappa shape index (κ2) is 46.6. The van der Waals surface area contributed by atoms with E-state index in [0.29, 0.717) is 92.1 Å². The summed E-state index contributed by atoms with van der Waals surface area (Å²) in [6.45, 7) is 10.4. The number of ether oxygens (including phenoxy) is 5. The normalized spacial score (nSPS) is 11.5. The lowest BCUT2D eigenvalue weighted by molar-refractivity contribution is -0.0134. The molecule has 0 aromatic heterocycles. The van der Waals surface area contributed by atoms with Crippen LogP contribution >= 0.6 is 7.82 Å². The van der Waals surface area contributed by atoms with E-state index in [1.165, 1.54) is 44.9 Å². The average molecular weight is 757 g/mol. The molecular formula is C32H73N2O15P. The van der Waals surface area contributed by atoms with Crippen LogP contribution in [0.1, 0.15) is 58.3 Å². The maximum Gasteiger partial charge on any atom is 0.469 e. The second-order valence-corrected chi connectivity index (χ2v) is 12.1. The molecule has 0 aromatic carbocycles. The Morgan fingerprint density at radius 2 is 0.660 bits per heavy atom. The first-order valence-corrected chi connectivity index (χ1v) is 19.5. The Kier molecular flexibility index (Phi) is 50.3. The largest absolute Gasteiger partial charge is 0.469 e. The predicted molar refractivity (Wildman–Crippen MR) is 190 cm³/mol. The molecule has 8 N–H and O–H groups in total. The van der Waals surface area contributed by atoms with E-state index in [1.807, 2.05) is 0 Å². The van der Waals surface area contributed by atoms with E-state index in [4.69, 9.17) is 64.1 Å². The van der Waals surface area contributed by atoms with Crippen molar-refractivity contribution in [2.75, 3.05) is 152 Å². The molecule has 306 valence electrons. The fraction of sp³-hybridized carbons (Fsp3) is 1.00. The van der Waals surface area contributed by atoms with Crippen LogP contribution in [0.2, 0.25) is 0 Å². The lowest BCUT2D eigenvalue weighted by atomic mass is 10.1. The molecule has 0 spiro atoms. The first-order valence-electron chi connectivity index (χ1n) is 17.9. The quantitative estimate of drug-likeness (QED) is 0.0304. The maximum atomic E-state index is 10.4. The summed E-state index contributed by atoms with van der Waals surface area (Å²) in [4.78, 5) is 20.5. The number of rotatable bonds is 37. The molecule has 0 saturated carbocycles. The highest BCUT2D eigenvalue weighted by molar-refractivity contribution is 7.46. The summed E-state index contributed by atoms with van der Waals surface area (Å²) in [7, 11) is -4.41. The van der Waals surface area contributed by atoms with Crippen LogP contribution in [0.5, 0.6) is 0 Å². The van der Waals surface area contributed by atoms with Gasteiger partial charge in [0.15, 0.2) is 0 Å². The zero-order valence-electron chi connectivity index (χ0n) is 30.7. The molecule has 0 bridgehead atoms. The van der Waals surface area contributed by atoms with Crippen molar-refractivity contribution in [2.24, 2.45) is 0 Å². The molecule has 18 heteroatoms. The molecule has 0 aliphatic heterocycles. The van der Waals surface area contributed by atoms with Gasteiger partial charge in [0, 0.05) is 45.9 Å². The summed E-state index contributed by atoms with van der Waals surface area (Å²) in [5.41, 5.74) is 0. The van der Waals surface area contributed by atoms with Crippen molar-refractivity contribution in [3.05, 3.63) is 0 Å². The van der Waals surface area contributed by atoms with Crippen LogP contribution in [0.25, 0.3) is 0 Å². The molecule has 0 atom stereocenters. The van der Waals surface area contributed by atoms with E-state index in [-0.39, 0.29) is 52.9 Å². The molecule has 0 aromatic rings. The number of phosphoric acid groups is 1.